The van der Waals surface area contributed by atoms with E-state index in [0.717, 1.165) is 19.6 Å². The predicted molar refractivity (Wildman–Crippen MR) is 86.4 cm³/mol. The summed E-state index contributed by atoms with van der Waals surface area (Å²) in [5, 5.41) is 0. The zero-order valence-electron chi connectivity index (χ0n) is 14.6. The maximum absolute atomic E-state index is 6.22. The van der Waals surface area contributed by atoms with Crippen LogP contribution in [0.3, 0.4) is 0 Å². The average molecular weight is 269 g/mol. The van der Waals surface area contributed by atoms with Crippen molar-refractivity contribution in [2.75, 3.05) is 19.6 Å². The number of hydrogen-bond donors (Lipinski definition) is 1. The molecule has 0 saturated carbocycles. The summed E-state index contributed by atoms with van der Waals surface area (Å²) in [5.74, 6) is 0.680. The summed E-state index contributed by atoms with van der Waals surface area (Å²) in [6, 6.07) is 0. The van der Waals surface area contributed by atoms with E-state index in [1.165, 1.54) is 0 Å². The summed E-state index contributed by atoms with van der Waals surface area (Å²) >= 11 is 0. The van der Waals surface area contributed by atoms with Crippen LogP contribution in [-0.4, -0.2) is 30.5 Å². The molecule has 0 saturated heterocycles. The van der Waals surface area contributed by atoms with Crippen molar-refractivity contribution in [3.8, 4) is 0 Å². The zero-order chi connectivity index (χ0) is 15.5. The molecule has 0 aliphatic heterocycles. The topological polar surface area (TPSA) is 41.6 Å². The molecular weight excluding hydrogens is 234 g/mol. The second-order valence-electron chi connectivity index (χ2n) is 9.21. The summed E-state index contributed by atoms with van der Waals surface area (Å²) in [6.45, 7) is 22.6. The number of hydrogen-bond acceptors (Lipinski definition) is 1. The Labute approximate surface area is 120 Å². The first-order valence-corrected chi connectivity index (χ1v) is 7.25. The van der Waals surface area contributed by atoms with Gasteiger partial charge in [-0.2, -0.15) is 0 Å². The van der Waals surface area contributed by atoms with Crippen molar-refractivity contribution in [2.45, 2.75) is 62.3 Å². The third-order valence-electron chi connectivity index (χ3n) is 2.37. The van der Waals surface area contributed by atoms with E-state index in [2.05, 4.69) is 72.2 Å². The minimum absolute atomic E-state index is 0.180. The van der Waals surface area contributed by atoms with Crippen molar-refractivity contribution in [1.82, 2.24) is 4.90 Å². The third kappa shape index (κ3) is 10.8. The van der Waals surface area contributed by atoms with Gasteiger partial charge in [0.1, 0.15) is 0 Å². The number of rotatable bonds is 3. The summed E-state index contributed by atoms with van der Waals surface area (Å²) in [4.78, 5) is 6.81. The van der Waals surface area contributed by atoms with Crippen molar-refractivity contribution < 1.29 is 0 Å². The first-order valence-electron chi connectivity index (χ1n) is 7.25. The molecule has 3 nitrogen and oxygen atoms in total. The normalized spacial score (nSPS) is 14.7. The second-order valence-corrected chi connectivity index (χ2v) is 9.21. The zero-order valence-corrected chi connectivity index (χ0v) is 14.6. The second kappa shape index (κ2) is 6.15. The van der Waals surface area contributed by atoms with Crippen LogP contribution in [0.2, 0.25) is 0 Å². The summed E-state index contributed by atoms with van der Waals surface area (Å²) in [6.07, 6.45) is 0. The fourth-order valence-corrected chi connectivity index (χ4v) is 1.78. The van der Waals surface area contributed by atoms with Crippen molar-refractivity contribution in [3.63, 3.8) is 0 Å². The number of aliphatic imine (C=N–C) groups is 1. The molecule has 0 bridgehead atoms. The molecule has 19 heavy (non-hydrogen) atoms. The van der Waals surface area contributed by atoms with Crippen LogP contribution < -0.4 is 5.73 Å². The minimum atomic E-state index is 0.180. The highest BCUT2D eigenvalue weighted by Gasteiger charge is 2.23. The lowest BCUT2D eigenvalue weighted by Gasteiger charge is -2.35. The molecule has 0 unspecified atom stereocenters. The molecule has 0 spiro atoms. The molecule has 0 aromatic carbocycles. The highest BCUT2D eigenvalue weighted by atomic mass is 15.3. The van der Waals surface area contributed by atoms with Gasteiger partial charge in [-0.1, -0.05) is 62.3 Å². The molecule has 2 N–H and O–H groups in total. The van der Waals surface area contributed by atoms with Crippen LogP contribution in [0.4, 0.5) is 0 Å². The maximum atomic E-state index is 6.22. The predicted octanol–water partition coefficient (Wildman–Crippen LogP) is 3.74. The highest BCUT2D eigenvalue weighted by molar-refractivity contribution is 5.78. The van der Waals surface area contributed by atoms with Gasteiger partial charge < -0.3 is 10.6 Å². The Hall–Kier alpha value is -0.730. The van der Waals surface area contributed by atoms with Gasteiger partial charge >= 0.3 is 0 Å². The number of nitrogens with zero attached hydrogens (tertiary/aromatic N) is 2. The van der Waals surface area contributed by atoms with Gasteiger partial charge in [0.25, 0.3) is 0 Å². The monoisotopic (exact) mass is 269 g/mol. The molecule has 0 rings (SSSR count). The Morgan fingerprint density at radius 1 is 0.789 bits per heavy atom. The van der Waals surface area contributed by atoms with Crippen molar-refractivity contribution in [3.05, 3.63) is 0 Å². The highest BCUT2D eigenvalue weighted by Crippen LogP contribution is 2.21. The van der Waals surface area contributed by atoms with E-state index in [9.17, 15) is 0 Å². The lowest BCUT2D eigenvalue weighted by Crippen LogP contribution is -2.46. The van der Waals surface area contributed by atoms with Crippen molar-refractivity contribution in [1.29, 1.82) is 0 Å². The Kier molecular flexibility index (Phi) is 5.91. The van der Waals surface area contributed by atoms with Gasteiger partial charge in [-0.05, 0) is 16.2 Å². The van der Waals surface area contributed by atoms with Crippen LogP contribution in [0.5, 0.6) is 0 Å². The molecule has 0 atom stereocenters. The van der Waals surface area contributed by atoms with E-state index in [-0.39, 0.29) is 16.2 Å². The molecule has 0 radical (unpaired) electrons. The maximum Gasteiger partial charge on any atom is 0.191 e. The fourth-order valence-electron chi connectivity index (χ4n) is 1.78. The Balaban J connectivity index is 4.92. The first-order chi connectivity index (χ1) is 8.20. The molecule has 3 heteroatoms. The molecule has 114 valence electrons. The van der Waals surface area contributed by atoms with Gasteiger partial charge in [0, 0.05) is 19.6 Å². The van der Waals surface area contributed by atoms with E-state index in [0.29, 0.717) is 5.96 Å². The van der Waals surface area contributed by atoms with Crippen molar-refractivity contribution >= 4 is 5.96 Å². The average Bonchev–Trinajstić information content (AvgIpc) is 2.07. The van der Waals surface area contributed by atoms with E-state index in [4.69, 9.17) is 5.73 Å². The molecule has 0 amide bonds. The SMILES string of the molecule is CC(C)(C)CN=C(N)N(CC(C)(C)C)CC(C)(C)C. The molecule has 0 aromatic heterocycles. The fraction of sp³-hybridized carbons (Fsp3) is 0.938. The van der Waals surface area contributed by atoms with E-state index in [1.54, 1.807) is 0 Å². The Morgan fingerprint density at radius 2 is 1.16 bits per heavy atom. The van der Waals surface area contributed by atoms with Gasteiger partial charge in [0.05, 0.1) is 0 Å². The van der Waals surface area contributed by atoms with Crippen LogP contribution in [0.25, 0.3) is 0 Å². The Bertz CT molecular complexity index is 281. The van der Waals surface area contributed by atoms with Crippen LogP contribution >= 0.6 is 0 Å². The lowest BCUT2D eigenvalue weighted by molar-refractivity contribution is 0.211. The lowest BCUT2D eigenvalue weighted by atomic mass is 9.92. The summed E-state index contributed by atoms with van der Waals surface area (Å²) in [5.41, 5.74) is 6.83. The quantitative estimate of drug-likeness (QED) is 0.626. The molecule has 0 aliphatic rings. The number of nitrogens with two attached hydrogens (primary N) is 1. The molecule has 0 heterocycles. The van der Waals surface area contributed by atoms with Crippen LogP contribution in [0, 0.1) is 16.2 Å². The first kappa shape index (κ1) is 18.3. The minimum Gasteiger partial charge on any atom is -0.370 e. The molecule has 0 fully saturated rings. The van der Waals surface area contributed by atoms with Crippen LogP contribution in [-0.2, 0) is 0 Å². The molecule has 0 aliphatic carbocycles. The molecule has 0 aromatic rings. The summed E-state index contributed by atoms with van der Waals surface area (Å²) in [7, 11) is 0. The standard InChI is InChI=1S/C16H35N3/c1-14(2,3)10-18-13(17)19(11-15(4,5)6)12-16(7,8)9/h10-12H2,1-9H3,(H2,17,18). The van der Waals surface area contributed by atoms with E-state index in [1.807, 2.05) is 0 Å². The van der Waals surface area contributed by atoms with Crippen LogP contribution in [0.15, 0.2) is 4.99 Å². The third-order valence-corrected chi connectivity index (χ3v) is 2.37. The summed E-state index contributed by atoms with van der Waals surface area (Å²) < 4.78 is 0. The van der Waals surface area contributed by atoms with Gasteiger partial charge in [0.15, 0.2) is 5.96 Å². The van der Waals surface area contributed by atoms with Gasteiger partial charge in [-0.25, -0.2) is 0 Å². The van der Waals surface area contributed by atoms with Gasteiger partial charge in [-0.3, -0.25) is 4.99 Å². The molecular formula is C16H35N3. The van der Waals surface area contributed by atoms with E-state index >= 15 is 0 Å². The smallest absolute Gasteiger partial charge is 0.191 e. The number of guanidine groups is 1. The van der Waals surface area contributed by atoms with E-state index < -0.39 is 0 Å². The van der Waals surface area contributed by atoms with Gasteiger partial charge in [0.2, 0.25) is 0 Å². The van der Waals surface area contributed by atoms with Crippen molar-refractivity contribution in [2.24, 2.45) is 27.0 Å². The Morgan fingerprint density at radius 3 is 1.42 bits per heavy atom. The largest absolute Gasteiger partial charge is 0.370 e. The van der Waals surface area contributed by atoms with Gasteiger partial charge in [-0.15, -0.1) is 0 Å². The van der Waals surface area contributed by atoms with Crippen LogP contribution in [0.1, 0.15) is 62.3 Å².